The molecular weight excluding hydrogens is 346 g/mol. The Balaban J connectivity index is 2.46. The molecule has 0 saturated heterocycles. The molecule has 1 aromatic heterocycles. The van der Waals surface area contributed by atoms with Crippen molar-refractivity contribution in [2.75, 3.05) is 13.6 Å². The van der Waals surface area contributed by atoms with E-state index in [0.717, 1.165) is 21.5 Å². The fourth-order valence-corrected chi connectivity index (χ4v) is 2.96. The predicted octanol–water partition coefficient (Wildman–Crippen LogP) is 2.41. The van der Waals surface area contributed by atoms with Gasteiger partial charge in [-0.3, -0.25) is 9.59 Å². The Morgan fingerprint density at radius 3 is 2.50 bits per heavy atom. The first-order valence-corrected chi connectivity index (χ1v) is 7.60. The monoisotopic (exact) mass is 363 g/mol. The highest BCUT2D eigenvalue weighted by Gasteiger charge is 2.21. The van der Waals surface area contributed by atoms with Crippen LogP contribution < -0.4 is 5.73 Å². The molecule has 2 N–H and O–H groups in total. The molecule has 5 nitrogen and oxygen atoms in total. The van der Waals surface area contributed by atoms with Crippen molar-refractivity contribution in [1.29, 1.82) is 0 Å². The zero-order valence-corrected chi connectivity index (χ0v) is 14.3. The molecule has 116 valence electrons. The Bertz CT molecular complexity index is 737. The number of carbonyl (C=O) groups is 2. The lowest BCUT2D eigenvalue weighted by atomic mass is 10.2. The Morgan fingerprint density at radius 1 is 1.27 bits per heavy atom. The van der Waals surface area contributed by atoms with Gasteiger partial charge in [0, 0.05) is 22.9 Å². The number of halogens is 1. The number of hydrogen-bond donors (Lipinski definition) is 1. The lowest BCUT2D eigenvalue weighted by Crippen LogP contribution is -2.35. The van der Waals surface area contributed by atoms with E-state index in [-0.39, 0.29) is 12.5 Å². The van der Waals surface area contributed by atoms with E-state index in [4.69, 9.17) is 5.73 Å². The van der Waals surface area contributed by atoms with Crippen molar-refractivity contribution in [2.45, 2.75) is 13.8 Å². The third-order valence-corrected chi connectivity index (χ3v) is 4.17. The van der Waals surface area contributed by atoms with Crippen molar-refractivity contribution in [3.8, 4) is 5.69 Å². The molecular formula is C16H18BrN3O2. The zero-order valence-electron chi connectivity index (χ0n) is 12.8. The van der Waals surface area contributed by atoms with Crippen molar-refractivity contribution in [3.05, 3.63) is 51.8 Å². The molecule has 22 heavy (non-hydrogen) atoms. The minimum Gasteiger partial charge on any atom is -0.368 e. The fourth-order valence-electron chi connectivity index (χ4n) is 2.49. The van der Waals surface area contributed by atoms with E-state index in [1.54, 1.807) is 7.05 Å². The number of para-hydroxylation sites is 1. The molecule has 0 spiro atoms. The predicted molar refractivity (Wildman–Crippen MR) is 89.1 cm³/mol. The smallest absolute Gasteiger partial charge is 0.255 e. The molecule has 2 amide bonds. The third kappa shape index (κ3) is 3.06. The number of carbonyl (C=O) groups excluding carboxylic acids is 2. The molecule has 0 radical (unpaired) electrons. The van der Waals surface area contributed by atoms with Gasteiger partial charge in [-0.15, -0.1) is 0 Å². The molecule has 0 aliphatic heterocycles. The number of hydrogen-bond acceptors (Lipinski definition) is 2. The first-order valence-electron chi connectivity index (χ1n) is 6.80. The Labute approximate surface area is 137 Å². The molecule has 0 unspecified atom stereocenters. The lowest BCUT2D eigenvalue weighted by Gasteiger charge is -2.16. The number of rotatable bonds is 4. The summed E-state index contributed by atoms with van der Waals surface area (Å²) in [5, 5.41) is 0. The summed E-state index contributed by atoms with van der Waals surface area (Å²) in [6, 6.07) is 9.64. The second kappa shape index (κ2) is 6.36. The maximum absolute atomic E-state index is 12.5. The van der Waals surface area contributed by atoms with Gasteiger partial charge in [-0.25, -0.2) is 0 Å². The summed E-state index contributed by atoms with van der Waals surface area (Å²) in [6.45, 7) is 3.73. The number of nitrogens with two attached hydrogens (primary N) is 1. The van der Waals surface area contributed by atoms with Gasteiger partial charge in [-0.05, 0) is 48.0 Å². The number of nitrogens with zero attached hydrogens (tertiary/aromatic N) is 2. The second-order valence-corrected chi connectivity index (χ2v) is 6.05. The number of benzene rings is 1. The summed E-state index contributed by atoms with van der Waals surface area (Å²) in [6.07, 6.45) is 0. The standard InChI is InChI=1S/C16H18BrN3O2/c1-10-8-12(16(22)19(3)9-15(18)21)11(2)20(10)14-7-5-4-6-13(14)17/h4-8H,9H2,1-3H3,(H2,18,21). The topological polar surface area (TPSA) is 68.3 Å². The van der Waals surface area contributed by atoms with Crippen molar-refractivity contribution in [1.82, 2.24) is 9.47 Å². The summed E-state index contributed by atoms with van der Waals surface area (Å²) >= 11 is 3.53. The second-order valence-electron chi connectivity index (χ2n) is 5.20. The molecule has 2 aromatic rings. The fraction of sp³-hybridized carbons (Fsp3) is 0.250. The van der Waals surface area contributed by atoms with E-state index in [0.29, 0.717) is 5.56 Å². The van der Waals surface area contributed by atoms with E-state index in [1.165, 1.54) is 4.90 Å². The Morgan fingerprint density at radius 2 is 1.91 bits per heavy atom. The van der Waals surface area contributed by atoms with Crippen LogP contribution in [0.1, 0.15) is 21.7 Å². The normalized spacial score (nSPS) is 10.5. The maximum Gasteiger partial charge on any atom is 0.255 e. The summed E-state index contributed by atoms with van der Waals surface area (Å²) in [7, 11) is 1.57. The molecule has 0 bridgehead atoms. The third-order valence-electron chi connectivity index (χ3n) is 3.49. The van der Waals surface area contributed by atoms with Gasteiger partial charge in [0.15, 0.2) is 0 Å². The molecule has 0 atom stereocenters. The van der Waals surface area contributed by atoms with Crippen LogP contribution in [0, 0.1) is 13.8 Å². The van der Waals surface area contributed by atoms with Gasteiger partial charge in [0.1, 0.15) is 0 Å². The van der Waals surface area contributed by atoms with Gasteiger partial charge in [-0.2, -0.15) is 0 Å². The average Bonchev–Trinajstić information content (AvgIpc) is 2.73. The number of amides is 2. The van der Waals surface area contributed by atoms with Crippen LogP contribution in [0.2, 0.25) is 0 Å². The quantitative estimate of drug-likeness (QED) is 0.905. The van der Waals surface area contributed by atoms with Gasteiger partial charge in [-0.1, -0.05) is 12.1 Å². The summed E-state index contributed by atoms with van der Waals surface area (Å²) in [5.41, 5.74) is 8.45. The van der Waals surface area contributed by atoms with E-state index in [2.05, 4.69) is 15.9 Å². The summed E-state index contributed by atoms with van der Waals surface area (Å²) < 4.78 is 2.95. The van der Waals surface area contributed by atoms with Crippen LogP contribution in [0.5, 0.6) is 0 Å². The van der Waals surface area contributed by atoms with Crippen LogP contribution in [0.4, 0.5) is 0 Å². The summed E-state index contributed by atoms with van der Waals surface area (Å²) in [4.78, 5) is 24.8. The van der Waals surface area contributed by atoms with Crippen LogP contribution in [0.15, 0.2) is 34.8 Å². The number of aryl methyl sites for hydroxylation is 1. The molecule has 1 heterocycles. The van der Waals surface area contributed by atoms with Crippen LogP contribution in [0.25, 0.3) is 5.69 Å². The summed E-state index contributed by atoms with van der Waals surface area (Å²) in [5.74, 6) is -0.749. The lowest BCUT2D eigenvalue weighted by molar-refractivity contribution is -0.118. The van der Waals surface area contributed by atoms with Gasteiger partial charge in [0.05, 0.1) is 17.8 Å². The van der Waals surface area contributed by atoms with Crippen LogP contribution in [0.3, 0.4) is 0 Å². The number of likely N-dealkylation sites (N-methyl/N-ethyl adjacent to an activating group) is 1. The average molecular weight is 364 g/mol. The van der Waals surface area contributed by atoms with Crippen LogP contribution in [-0.4, -0.2) is 34.9 Å². The van der Waals surface area contributed by atoms with E-state index in [1.807, 2.05) is 48.7 Å². The zero-order chi connectivity index (χ0) is 16.4. The minimum atomic E-state index is -0.532. The highest BCUT2D eigenvalue weighted by molar-refractivity contribution is 9.10. The molecule has 6 heteroatoms. The van der Waals surface area contributed by atoms with Crippen LogP contribution in [-0.2, 0) is 4.79 Å². The van der Waals surface area contributed by atoms with E-state index < -0.39 is 5.91 Å². The molecule has 0 aliphatic carbocycles. The first-order chi connectivity index (χ1) is 10.3. The number of aromatic nitrogens is 1. The van der Waals surface area contributed by atoms with Crippen molar-refractivity contribution < 1.29 is 9.59 Å². The minimum absolute atomic E-state index is 0.0997. The first kappa shape index (κ1) is 16.3. The SMILES string of the molecule is Cc1cc(C(=O)N(C)CC(N)=O)c(C)n1-c1ccccc1Br. The Kier molecular flexibility index (Phi) is 4.71. The van der Waals surface area contributed by atoms with Crippen molar-refractivity contribution in [3.63, 3.8) is 0 Å². The van der Waals surface area contributed by atoms with Crippen molar-refractivity contribution >= 4 is 27.7 Å². The Hall–Kier alpha value is -2.08. The highest BCUT2D eigenvalue weighted by atomic mass is 79.9. The maximum atomic E-state index is 12.5. The highest BCUT2D eigenvalue weighted by Crippen LogP contribution is 2.27. The van der Waals surface area contributed by atoms with Crippen LogP contribution >= 0.6 is 15.9 Å². The van der Waals surface area contributed by atoms with Gasteiger partial charge in [0.2, 0.25) is 5.91 Å². The molecule has 0 fully saturated rings. The van der Waals surface area contributed by atoms with Gasteiger partial charge in [0.25, 0.3) is 5.91 Å². The molecule has 1 aromatic carbocycles. The van der Waals surface area contributed by atoms with Gasteiger partial charge >= 0.3 is 0 Å². The van der Waals surface area contributed by atoms with Gasteiger partial charge < -0.3 is 15.2 Å². The molecule has 0 aliphatic rings. The van der Waals surface area contributed by atoms with Crippen molar-refractivity contribution in [2.24, 2.45) is 5.73 Å². The van der Waals surface area contributed by atoms with E-state index >= 15 is 0 Å². The van der Waals surface area contributed by atoms with E-state index in [9.17, 15) is 9.59 Å². The molecule has 2 rings (SSSR count). The molecule has 0 saturated carbocycles. The number of primary amides is 1. The largest absolute Gasteiger partial charge is 0.368 e.